The molecule has 1 aromatic heterocycles. The van der Waals surface area contributed by atoms with Crippen LogP contribution in [0.15, 0.2) is 93.9 Å². The first-order chi connectivity index (χ1) is 21.1. The summed E-state index contributed by atoms with van der Waals surface area (Å²) in [6.45, 7) is 3.80. The Morgan fingerprint density at radius 2 is 1.73 bits per heavy atom. The van der Waals surface area contributed by atoms with Crippen molar-refractivity contribution < 1.29 is 32.2 Å². The Bertz CT molecular complexity index is 1880. The van der Waals surface area contributed by atoms with Crippen molar-refractivity contribution in [2.75, 3.05) is 13.2 Å². The van der Waals surface area contributed by atoms with Crippen molar-refractivity contribution in [1.82, 2.24) is 4.57 Å². The van der Waals surface area contributed by atoms with E-state index in [1.54, 1.807) is 18.2 Å². The summed E-state index contributed by atoms with van der Waals surface area (Å²) in [6, 6.07) is 19.1. The van der Waals surface area contributed by atoms with Gasteiger partial charge in [0.15, 0.2) is 22.0 Å². The van der Waals surface area contributed by atoms with Gasteiger partial charge in [0.25, 0.3) is 5.56 Å². The maximum Gasteiger partial charge on any atom is 0.434 e. The van der Waals surface area contributed by atoms with E-state index in [9.17, 15) is 22.8 Å². The molecule has 4 aromatic rings. The summed E-state index contributed by atoms with van der Waals surface area (Å²) in [6.07, 6.45) is -3.46. The van der Waals surface area contributed by atoms with E-state index in [0.29, 0.717) is 35.3 Å². The third-order valence-corrected chi connectivity index (χ3v) is 7.82. The van der Waals surface area contributed by atoms with Crippen LogP contribution in [-0.4, -0.2) is 29.9 Å². The minimum Gasteiger partial charge on any atom is -0.490 e. The molecule has 1 aliphatic heterocycles. The molecule has 228 valence electrons. The average molecular weight is 643 g/mol. The molecule has 0 bridgehead atoms. The van der Waals surface area contributed by atoms with Crippen molar-refractivity contribution in [3.05, 3.63) is 125 Å². The van der Waals surface area contributed by atoms with Gasteiger partial charge in [-0.3, -0.25) is 9.36 Å². The maximum atomic E-state index is 14.3. The van der Waals surface area contributed by atoms with Crippen molar-refractivity contribution in [2.45, 2.75) is 32.7 Å². The number of rotatable bonds is 9. The number of carbonyl (C=O) groups excluding carboxylic acids is 1. The lowest BCUT2D eigenvalue weighted by atomic mass is 9.95. The number of benzene rings is 3. The fourth-order valence-electron chi connectivity index (χ4n) is 4.69. The first kappa shape index (κ1) is 31.1. The molecule has 0 spiro atoms. The van der Waals surface area contributed by atoms with Crippen LogP contribution in [0.3, 0.4) is 0 Å². The number of esters is 1. The van der Waals surface area contributed by atoms with Crippen molar-refractivity contribution in [3.63, 3.8) is 0 Å². The van der Waals surface area contributed by atoms with Gasteiger partial charge in [0.05, 0.1) is 29.4 Å². The average Bonchev–Trinajstić information content (AvgIpc) is 3.31. The molecular weight excluding hydrogens is 617 g/mol. The Morgan fingerprint density at radius 1 is 1.00 bits per heavy atom. The topological polar surface area (TPSA) is 79.1 Å². The Balaban J connectivity index is 1.63. The van der Waals surface area contributed by atoms with E-state index in [1.807, 2.05) is 37.3 Å². The number of carbonyl (C=O) groups is 1. The van der Waals surface area contributed by atoms with E-state index in [-0.39, 0.29) is 21.5 Å². The zero-order valence-electron chi connectivity index (χ0n) is 23.6. The van der Waals surface area contributed by atoms with Crippen LogP contribution in [0.1, 0.15) is 36.6 Å². The predicted molar refractivity (Wildman–Crippen MR) is 161 cm³/mol. The van der Waals surface area contributed by atoms with Crippen LogP contribution in [0.25, 0.3) is 6.08 Å². The lowest BCUT2D eigenvalue weighted by Crippen LogP contribution is -2.41. The van der Waals surface area contributed by atoms with Crippen molar-refractivity contribution in [3.8, 4) is 11.5 Å². The molecule has 2 heterocycles. The van der Waals surface area contributed by atoms with Crippen LogP contribution in [0.4, 0.5) is 13.2 Å². The number of alkyl halides is 3. The minimum absolute atomic E-state index is 0.106. The number of halogens is 4. The Kier molecular flexibility index (Phi) is 9.26. The third-order valence-electron chi connectivity index (χ3n) is 6.58. The summed E-state index contributed by atoms with van der Waals surface area (Å²) < 4.78 is 60.9. The number of ether oxygens (including phenoxy) is 3. The number of hydrogen-bond donors (Lipinski definition) is 0. The molecule has 3 aromatic carbocycles. The van der Waals surface area contributed by atoms with Gasteiger partial charge in [0.2, 0.25) is 0 Å². The number of nitrogens with zero attached hydrogens (tertiary/aromatic N) is 2. The largest absolute Gasteiger partial charge is 0.490 e. The van der Waals surface area contributed by atoms with Gasteiger partial charge in [-0.25, -0.2) is 9.79 Å². The molecule has 0 radical (unpaired) electrons. The molecule has 7 nitrogen and oxygen atoms in total. The van der Waals surface area contributed by atoms with Gasteiger partial charge in [-0.2, -0.15) is 13.2 Å². The second-order valence-corrected chi connectivity index (χ2v) is 11.0. The van der Waals surface area contributed by atoms with Crippen LogP contribution in [0, 0.1) is 0 Å². The zero-order chi connectivity index (χ0) is 31.4. The van der Waals surface area contributed by atoms with Crippen LogP contribution in [0.2, 0.25) is 5.02 Å². The minimum atomic E-state index is -5.00. The first-order valence-corrected chi connectivity index (χ1v) is 14.8. The van der Waals surface area contributed by atoms with E-state index in [1.165, 1.54) is 37.3 Å². The summed E-state index contributed by atoms with van der Waals surface area (Å²) in [5.74, 6) is -0.288. The van der Waals surface area contributed by atoms with Crippen LogP contribution in [0.5, 0.6) is 11.5 Å². The van der Waals surface area contributed by atoms with Crippen molar-refractivity contribution in [1.29, 1.82) is 0 Å². The van der Waals surface area contributed by atoms with Crippen LogP contribution in [-0.2, 0) is 16.1 Å². The smallest absolute Gasteiger partial charge is 0.434 e. The van der Waals surface area contributed by atoms with Gasteiger partial charge in [0, 0.05) is 5.02 Å². The molecule has 0 saturated carbocycles. The van der Waals surface area contributed by atoms with E-state index in [0.717, 1.165) is 21.5 Å². The molecule has 0 unspecified atom stereocenters. The summed E-state index contributed by atoms with van der Waals surface area (Å²) in [5.41, 5.74) is -1.06. The van der Waals surface area contributed by atoms with E-state index in [4.69, 9.17) is 25.8 Å². The predicted octanol–water partition coefficient (Wildman–Crippen LogP) is 5.97. The summed E-state index contributed by atoms with van der Waals surface area (Å²) in [5, 5.41) is 0.333. The lowest BCUT2D eigenvalue weighted by molar-refractivity contribution is -0.140. The molecule has 1 aliphatic rings. The summed E-state index contributed by atoms with van der Waals surface area (Å²) in [4.78, 5) is 30.4. The molecule has 44 heavy (non-hydrogen) atoms. The van der Waals surface area contributed by atoms with Crippen molar-refractivity contribution >= 4 is 35.0 Å². The quantitative estimate of drug-likeness (QED) is 0.210. The Morgan fingerprint density at radius 3 is 2.39 bits per heavy atom. The first-order valence-electron chi connectivity index (χ1n) is 13.6. The Labute approximate surface area is 259 Å². The summed E-state index contributed by atoms with van der Waals surface area (Å²) in [7, 11) is 0. The molecule has 1 atom stereocenters. The van der Waals surface area contributed by atoms with Gasteiger partial charge in [0.1, 0.15) is 6.61 Å². The molecule has 0 saturated heterocycles. The van der Waals surface area contributed by atoms with Crippen LogP contribution < -0.4 is 24.4 Å². The maximum absolute atomic E-state index is 14.3. The normalized spacial score (nSPS) is 15.0. The number of aromatic nitrogens is 1. The third kappa shape index (κ3) is 6.58. The second-order valence-electron chi connectivity index (χ2n) is 9.53. The van der Waals surface area contributed by atoms with E-state index < -0.39 is 35.0 Å². The second kappa shape index (κ2) is 13.1. The highest BCUT2D eigenvalue weighted by molar-refractivity contribution is 7.07. The molecule has 0 N–H and O–H groups in total. The number of hydrogen-bond acceptors (Lipinski definition) is 7. The standard InChI is InChI=1S/C32H26ClF3N2O5S/c1-3-41-24-16-20(10-15-23(24)43-18-19-8-6-5-7-9-19)17-25-29(39)38-27(21-11-13-22(33)14-12-21)26(30(40)42-4-2)28(32(34,35)36)37-31(38)44-25/h5-17,27H,3-4,18H2,1-2H3/b25-17-/t27-/m1/s1. The highest BCUT2D eigenvalue weighted by Crippen LogP contribution is 2.38. The molecular formula is C32H26ClF3N2O5S. The molecule has 12 heteroatoms. The monoisotopic (exact) mass is 642 g/mol. The fraction of sp³-hybridized carbons (Fsp3) is 0.219. The lowest BCUT2D eigenvalue weighted by Gasteiger charge is -2.26. The van der Waals surface area contributed by atoms with Gasteiger partial charge >= 0.3 is 12.1 Å². The van der Waals surface area contributed by atoms with Crippen LogP contribution >= 0.6 is 22.9 Å². The van der Waals surface area contributed by atoms with Gasteiger partial charge in [-0.15, -0.1) is 0 Å². The molecule has 0 amide bonds. The van der Waals surface area contributed by atoms with Crippen molar-refractivity contribution in [2.24, 2.45) is 4.99 Å². The summed E-state index contributed by atoms with van der Waals surface area (Å²) >= 11 is 6.81. The molecule has 0 fully saturated rings. The number of thiazole rings is 1. The van der Waals surface area contributed by atoms with E-state index >= 15 is 0 Å². The zero-order valence-corrected chi connectivity index (χ0v) is 25.1. The number of allylic oxidation sites excluding steroid dienone is 1. The SMILES string of the molecule is CCOC(=O)C1=C(C(F)(F)F)N=c2s/c(=C\c3ccc(OCc4ccccc4)c(OCC)c3)c(=O)n2[C@@H]1c1ccc(Cl)cc1. The molecule has 5 rings (SSSR count). The number of fused-ring (bicyclic) bond motifs is 1. The van der Waals surface area contributed by atoms with Gasteiger partial charge in [-0.1, -0.05) is 71.5 Å². The Hall–Kier alpha value is -4.35. The van der Waals surface area contributed by atoms with E-state index in [2.05, 4.69) is 4.99 Å². The molecule has 0 aliphatic carbocycles. The fourth-order valence-corrected chi connectivity index (χ4v) is 5.82. The van der Waals surface area contributed by atoms with Gasteiger partial charge < -0.3 is 14.2 Å². The van der Waals surface area contributed by atoms with Gasteiger partial charge in [-0.05, 0) is 60.9 Å². The highest BCUT2D eigenvalue weighted by Gasteiger charge is 2.45. The highest BCUT2D eigenvalue weighted by atomic mass is 35.5.